The molecule has 6 heteroatoms. The first-order chi connectivity index (χ1) is 8.58. The van der Waals surface area contributed by atoms with Crippen LogP contribution in [0.2, 0.25) is 0 Å². The number of hydrogen-bond acceptors (Lipinski definition) is 4. The molecular formula is C12H16N2O4. The van der Waals surface area contributed by atoms with E-state index in [-0.39, 0.29) is 17.7 Å². The minimum atomic E-state index is -1.08. The van der Waals surface area contributed by atoms with Crippen LogP contribution in [0.3, 0.4) is 0 Å². The number of carboxylic acid groups (broad SMARTS) is 1. The zero-order valence-electron chi connectivity index (χ0n) is 10.2. The summed E-state index contributed by atoms with van der Waals surface area (Å²) < 4.78 is 5.10. The lowest BCUT2D eigenvalue weighted by molar-refractivity contribution is -0.124. The maximum atomic E-state index is 11.5. The Bertz CT molecular complexity index is 467. The molecule has 98 valence electrons. The summed E-state index contributed by atoms with van der Waals surface area (Å²) in [6.07, 6.45) is 1.75. The van der Waals surface area contributed by atoms with Gasteiger partial charge in [0.2, 0.25) is 11.7 Å². The van der Waals surface area contributed by atoms with Crippen molar-refractivity contribution >= 4 is 11.9 Å². The van der Waals surface area contributed by atoms with Gasteiger partial charge in [-0.2, -0.15) is 0 Å². The first-order valence-corrected chi connectivity index (χ1v) is 5.91. The van der Waals surface area contributed by atoms with Crippen molar-refractivity contribution in [2.24, 2.45) is 0 Å². The number of aryl methyl sites for hydroxylation is 1. The lowest BCUT2D eigenvalue weighted by atomic mass is 10.1. The third kappa shape index (κ3) is 2.70. The van der Waals surface area contributed by atoms with Crippen molar-refractivity contribution in [1.29, 1.82) is 0 Å². The second kappa shape index (κ2) is 5.22. The van der Waals surface area contributed by atoms with Crippen molar-refractivity contribution < 1.29 is 19.1 Å². The van der Waals surface area contributed by atoms with Crippen molar-refractivity contribution in [3.8, 4) is 0 Å². The molecule has 1 aromatic rings. The van der Waals surface area contributed by atoms with Crippen LogP contribution in [0.1, 0.15) is 34.7 Å². The molecule has 1 unspecified atom stereocenters. The van der Waals surface area contributed by atoms with E-state index in [0.717, 1.165) is 24.9 Å². The fourth-order valence-corrected chi connectivity index (χ4v) is 2.00. The highest BCUT2D eigenvalue weighted by Gasteiger charge is 2.22. The molecule has 18 heavy (non-hydrogen) atoms. The lowest BCUT2D eigenvalue weighted by Gasteiger charge is -2.22. The molecule has 1 saturated heterocycles. The zero-order valence-corrected chi connectivity index (χ0v) is 10.2. The molecule has 2 heterocycles. The summed E-state index contributed by atoms with van der Waals surface area (Å²) >= 11 is 0. The molecule has 1 fully saturated rings. The number of carboxylic acids is 1. The Hall–Kier alpha value is -1.82. The van der Waals surface area contributed by atoms with Crippen LogP contribution in [0.4, 0.5) is 0 Å². The average Bonchev–Trinajstić information content (AvgIpc) is 2.70. The fourth-order valence-electron chi connectivity index (χ4n) is 2.00. The number of aromatic carboxylic acids is 1. The van der Waals surface area contributed by atoms with Crippen molar-refractivity contribution in [3.05, 3.63) is 23.2 Å². The molecule has 0 spiro atoms. The number of furan rings is 1. The van der Waals surface area contributed by atoms with Gasteiger partial charge in [0.1, 0.15) is 5.76 Å². The summed E-state index contributed by atoms with van der Waals surface area (Å²) in [5, 5.41) is 14.7. The van der Waals surface area contributed by atoms with Crippen LogP contribution >= 0.6 is 0 Å². The van der Waals surface area contributed by atoms with E-state index < -0.39 is 5.97 Å². The third-order valence-corrected chi connectivity index (χ3v) is 3.06. The summed E-state index contributed by atoms with van der Waals surface area (Å²) in [6.45, 7) is 2.87. The Kier molecular flexibility index (Phi) is 3.66. The van der Waals surface area contributed by atoms with E-state index in [1.165, 1.54) is 6.07 Å². The Morgan fingerprint density at radius 2 is 2.44 bits per heavy atom. The van der Waals surface area contributed by atoms with Gasteiger partial charge in [-0.25, -0.2) is 4.79 Å². The predicted molar refractivity (Wildman–Crippen MR) is 63.3 cm³/mol. The van der Waals surface area contributed by atoms with Crippen molar-refractivity contribution in [3.63, 3.8) is 0 Å². The minimum Gasteiger partial charge on any atom is -0.475 e. The number of amides is 1. The van der Waals surface area contributed by atoms with Gasteiger partial charge in [-0.15, -0.1) is 0 Å². The van der Waals surface area contributed by atoms with Gasteiger partial charge in [0.25, 0.3) is 0 Å². The van der Waals surface area contributed by atoms with Crippen molar-refractivity contribution in [2.45, 2.75) is 32.4 Å². The van der Waals surface area contributed by atoms with Gasteiger partial charge in [0.05, 0.1) is 6.04 Å². The van der Waals surface area contributed by atoms with Crippen LogP contribution in [0.5, 0.6) is 0 Å². The Morgan fingerprint density at radius 3 is 3.06 bits per heavy atom. The van der Waals surface area contributed by atoms with Crippen LogP contribution in [-0.2, 0) is 11.3 Å². The monoisotopic (exact) mass is 252 g/mol. The van der Waals surface area contributed by atoms with Crippen molar-refractivity contribution in [1.82, 2.24) is 10.6 Å². The Labute approximate surface area is 104 Å². The number of carbonyl (C=O) groups excluding carboxylic acids is 1. The van der Waals surface area contributed by atoms with E-state index in [9.17, 15) is 9.59 Å². The zero-order chi connectivity index (χ0) is 13.1. The molecule has 6 nitrogen and oxygen atoms in total. The summed E-state index contributed by atoms with van der Waals surface area (Å²) in [6, 6.07) is 1.28. The minimum absolute atomic E-state index is 0.000793. The molecule has 1 aromatic heterocycles. The van der Waals surface area contributed by atoms with Gasteiger partial charge in [-0.1, -0.05) is 0 Å². The molecule has 1 atom stereocenters. The molecule has 1 aliphatic heterocycles. The smallest absolute Gasteiger partial charge is 0.371 e. The summed E-state index contributed by atoms with van der Waals surface area (Å²) in [5.74, 6) is -0.589. The van der Waals surface area contributed by atoms with E-state index >= 15 is 0 Å². The highest BCUT2D eigenvalue weighted by Crippen LogP contribution is 2.15. The first-order valence-electron chi connectivity index (χ1n) is 5.91. The average molecular weight is 252 g/mol. The van der Waals surface area contributed by atoms with Gasteiger partial charge in [0.15, 0.2) is 0 Å². The van der Waals surface area contributed by atoms with E-state index in [0.29, 0.717) is 12.3 Å². The highest BCUT2D eigenvalue weighted by atomic mass is 16.4. The van der Waals surface area contributed by atoms with Gasteiger partial charge in [-0.3, -0.25) is 4.79 Å². The van der Waals surface area contributed by atoms with Crippen LogP contribution < -0.4 is 10.6 Å². The maximum Gasteiger partial charge on any atom is 0.371 e. The first kappa shape index (κ1) is 12.6. The molecule has 0 bridgehead atoms. The van der Waals surface area contributed by atoms with E-state index in [1.807, 2.05) is 0 Å². The van der Waals surface area contributed by atoms with Crippen molar-refractivity contribution in [2.75, 3.05) is 6.54 Å². The lowest BCUT2D eigenvalue weighted by Crippen LogP contribution is -2.47. The van der Waals surface area contributed by atoms with Crippen LogP contribution in [-0.4, -0.2) is 29.6 Å². The molecular weight excluding hydrogens is 236 g/mol. The number of piperidine rings is 1. The molecule has 1 amide bonds. The maximum absolute atomic E-state index is 11.5. The third-order valence-electron chi connectivity index (χ3n) is 3.06. The number of rotatable bonds is 4. The van der Waals surface area contributed by atoms with E-state index in [2.05, 4.69) is 10.6 Å². The van der Waals surface area contributed by atoms with Crippen LogP contribution in [0, 0.1) is 6.92 Å². The Balaban J connectivity index is 1.97. The normalized spacial score (nSPS) is 19.6. The number of carbonyl (C=O) groups is 2. The van der Waals surface area contributed by atoms with E-state index in [1.54, 1.807) is 6.92 Å². The Morgan fingerprint density at radius 1 is 1.67 bits per heavy atom. The molecule has 1 aliphatic rings. The standard InChI is InChI=1S/C12H16N2O4/c1-7-8(5-10(18-7)12(16)17)6-14-9-3-2-4-13-11(9)15/h5,9,14H,2-4,6H2,1H3,(H,13,15)(H,16,17). The van der Waals surface area contributed by atoms with Gasteiger partial charge in [0, 0.05) is 18.7 Å². The van der Waals surface area contributed by atoms with Gasteiger partial charge < -0.3 is 20.2 Å². The number of nitrogens with one attached hydrogen (secondary N) is 2. The molecule has 0 saturated carbocycles. The van der Waals surface area contributed by atoms with Gasteiger partial charge >= 0.3 is 5.97 Å². The molecule has 2 rings (SSSR count). The second-order valence-electron chi connectivity index (χ2n) is 4.36. The van der Waals surface area contributed by atoms with E-state index in [4.69, 9.17) is 9.52 Å². The topological polar surface area (TPSA) is 91.6 Å². The molecule has 0 aromatic carbocycles. The summed E-state index contributed by atoms with van der Waals surface area (Å²) in [4.78, 5) is 22.3. The molecule has 3 N–H and O–H groups in total. The second-order valence-corrected chi connectivity index (χ2v) is 4.36. The quantitative estimate of drug-likeness (QED) is 0.732. The summed E-state index contributed by atoms with van der Waals surface area (Å²) in [7, 11) is 0. The van der Waals surface area contributed by atoms with Crippen LogP contribution in [0.15, 0.2) is 10.5 Å². The fraction of sp³-hybridized carbons (Fsp3) is 0.500. The highest BCUT2D eigenvalue weighted by molar-refractivity contribution is 5.84. The van der Waals surface area contributed by atoms with Gasteiger partial charge in [-0.05, 0) is 25.8 Å². The predicted octanol–water partition coefficient (Wildman–Crippen LogP) is 0.654. The molecule has 0 aliphatic carbocycles. The van der Waals surface area contributed by atoms with Crippen LogP contribution in [0.25, 0.3) is 0 Å². The summed E-state index contributed by atoms with van der Waals surface area (Å²) in [5.41, 5.74) is 0.769. The number of hydrogen-bond donors (Lipinski definition) is 3. The SMILES string of the molecule is Cc1oc(C(=O)O)cc1CNC1CCCNC1=O. The molecule has 0 radical (unpaired) electrons. The largest absolute Gasteiger partial charge is 0.475 e.